The lowest BCUT2D eigenvalue weighted by Crippen LogP contribution is -2.37. The summed E-state index contributed by atoms with van der Waals surface area (Å²) in [5, 5.41) is 12.1. The second-order valence-electron chi connectivity index (χ2n) is 6.42. The molecule has 17 heavy (non-hydrogen) atoms. The van der Waals surface area contributed by atoms with E-state index in [4.69, 9.17) is 0 Å². The van der Waals surface area contributed by atoms with Crippen LogP contribution < -0.4 is 0 Å². The Morgan fingerprint density at radius 2 is 1.82 bits per heavy atom. The number of hydrogen-bond acceptors (Lipinski definition) is 1. The zero-order valence-corrected chi connectivity index (χ0v) is 11.4. The third-order valence-electron chi connectivity index (χ3n) is 3.67. The van der Waals surface area contributed by atoms with Gasteiger partial charge in [0, 0.05) is 25.8 Å². The lowest BCUT2D eigenvalue weighted by atomic mass is 9.74. The van der Waals surface area contributed by atoms with E-state index in [9.17, 15) is 5.21 Å². The van der Waals surface area contributed by atoms with Crippen molar-refractivity contribution in [2.24, 2.45) is 0 Å². The SMILES string of the molecule is Cc1ccc2c(c1)C(C)(C)CC(C)(C)[N+]([O-])=C2. The van der Waals surface area contributed by atoms with E-state index < -0.39 is 0 Å². The molecule has 1 aromatic rings. The van der Waals surface area contributed by atoms with Crippen LogP contribution in [0.4, 0.5) is 0 Å². The first-order valence-corrected chi connectivity index (χ1v) is 6.15. The van der Waals surface area contributed by atoms with Crippen LogP contribution in [-0.4, -0.2) is 16.5 Å². The van der Waals surface area contributed by atoms with Crippen LogP contribution in [0.3, 0.4) is 0 Å². The van der Waals surface area contributed by atoms with Crippen molar-refractivity contribution in [1.29, 1.82) is 0 Å². The molecule has 0 radical (unpaired) electrons. The van der Waals surface area contributed by atoms with Crippen molar-refractivity contribution in [2.45, 2.75) is 52.0 Å². The van der Waals surface area contributed by atoms with Crippen LogP contribution in [0, 0.1) is 12.1 Å². The van der Waals surface area contributed by atoms with E-state index in [0.717, 1.165) is 16.7 Å². The fourth-order valence-corrected chi connectivity index (χ4v) is 2.92. The summed E-state index contributed by atoms with van der Waals surface area (Å²) < 4.78 is 1.11. The smallest absolute Gasteiger partial charge is 0.182 e. The predicted octanol–water partition coefficient (Wildman–Crippen LogP) is 3.38. The number of fused-ring (bicyclic) bond motifs is 1. The molecule has 2 rings (SSSR count). The highest BCUT2D eigenvalue weighted by atomic mass is 16.5. The predicted molar refractivity (Wildman–Crippen MR) is 71.7 cm³/mol. The largest absolute Gasteiger partial charge is 0.623 e. The van der Waals surface area contributed by atoms with Crippen molar-refractivity contribution in [2.75, 3.05) is 0 Å². The third kappa shape index (κ3) is 2.08. The molecule has 0 spiro atoms. The van der Waals surface area contributed by atoms with Crippen molar-refractivity contribution in [3.05, 3.63) is 40.1 Å². The van der Waals surface area contributed by atoms with Gasteiger partial charge >= 0.3 is 0 Å². The monoisotopic (exact) mass is 231 g/mol. The average Bonchev–Trinajstić information content (AvgIpc) is 2.23. The van der Waals surface area contributed by atoms with Gasteiger partial charge in [-0.1, -0.05) is 31.5 Å². The maximum absolute atomic E-state index is 12.1. The van der Waals surface area contributed by atoms with Gasteiger partial charge < -0.3 is 5.21 Å². The van der Waals surface area contributed by atoms with Gasteiger partial charge in [-0.25, -0.2) is 4.74 Å². The summed E-state index contributed by atoms with van der Waals surface area (Å²) in [5.74, 6) is 0. The zero-order chi connectivity index (χ0) is 12.8. The molecule has 0 atom stereocenters. The topological polar surface area (TPSA) is 26.1 Å². The third-order valence-corrected chi connectivity index (χ3v) is 3.67. The van der Waals surface area contributed by atoms with Gasteiger partial charge in [-0.2, -0.15) is 0 Å². The van der Waals surface area contributed by atoms with Crippen molar-refractivity contribution in [1.82, 2.24) is 0 Å². The molecule has 0 unspecified atom stereocenters. The molecule has 0 aliphatic carbocycles. The summed E-state index contributed by atoms with van der Waals surface area (Å²) in [5.41, 5.74) is 3.27. The zero-order valence-electron chi connectivity index (χ0n) is 11.4. The molecular formula is C15H21NO. The molecule has 0 saturated heterocycles. The fraction of sp³-hybridized carbons (Fsp3) is 0.533. The maximum Gasteiger partial charge on any atom is 0.182 e. The van der Waals surface area contributed by atoms with Crippen LogP contribution in [-0.2, 0) is 5.41 Å². The second kappa shape index (κ2) is 3.59. The van der Waals surface area contributed by atoms with Crippen LogP contribution in [0.1, 0.15) is 50.8 Å². The van der Waals surface area contributed by atoms with Gasteiger partial charge in [-0.15, -0.1) is 0 Å². The highest BCUT2D eigenvalue weighted by Gasteiger charge is 2.39. The normalized spacial score (nSPS) is 21.4. The summed E-state index contributed by atoms with van der Waals surface area (Å²) in [6.07, 6.45) is 2.60. The van der Waals surface area contributed by atoms with Gasteiger partial charge in [-0.05, 0) is 24.0 Å². The van der Waals surface area contributed by atoms with E-state index in [2.05, 4.69) is 39.0 Å². The minimum atomic E-state index is -0.351. The molecule has 0 saturated carbocycles. The Hall–Kier alpha value is -1.31. The molecule has 1 aliphatic rings. The van der Waals surface area contributed by atoms with Crippen LogP contribution in [0.2, 0.25) is 0 Å². The Bertz CT molecular complexity index is 484. The first-order valence-electron chi connectivity index (χ1n) is 6.15. The second-order valence-corrected chi connectivity index (χ2v) is 6.42. The molecule has 92 valence electrons. The molecule has 2 heteroatoms. The van der Waals surface area contributed by atoms with Crippen LogP contribution in [0.25, 0.3) is 0 Å². The first-order chi connectivity index (χ1) is 7.72. The minimum absolute atomic E-state index is 0.0283. The lowest BCUT2D eigenvalue weighted by molar-refractivity contribution is -0.538. The lowest BCUT2D eigenvalue weighted by Gasteiger charge is -2.31. The van der Waals surface area contributed by atoms with Crippen molar-refractivity contribution >= 4 is 6.21 Å². The van der Waals surface area contributed by atoms with E-state index >= 15 is 0 Å². The van der Waals surface area contributed by atoms with Crippen LogP contribution >= 0.6 is 0 Å². The van der Waals surface area contributed by atoms with Gasteiger partial charge in [-0.3, -0.25) is 0 Å². The maximum atomic E-state index is 12.1. The summed E-state index contributed by atoms with van der Waals surface area (Å²) in [6, 6.07) is 6.33. The molecule has 1 aliphatic heterocycles. The van der Waals surface area contributed by atoms with E-state index in [-0.39, 0.29) is 11.0 Å². The quantitative estimate of drug-likeness (QED) is 0.496. The molecule has 0 bridgehead atoms. The van der Waals surface area contributed by atoms with E-state index in [1.54, 1.807) is 6.21 Å². The molecule has 1 heterocycles. The van der Waals surface area contributed by atoms with E-state index in [1.165, 1.54) is 11.1 Å². The number of hydrogen-bond donors (Lipinski definition) is 0. The molecule has 1 aromatic carbocycles. The minimum Gasteiger partial charge on any atom is -0.623 e. The summed E-state index contributed by atoms with van der Waals surface area (Å²) in [7, 11) is 0. The van der Waals surface area contributed by atoms with Gasteiger partial charge in [0.2, 0.25) is 0 Å². The highest BCUT2D eigenvalue weighted by molar-refractivity contribution is 5.79. The molecule has 0 fully saturated rings. The molecule has 0 aromatic heterocycles. The number of aryl methyl sites for hydroxylation is 1. The van der Waals surface area contributed by atoms with Crippen LogP contribution in [0.15, 0.2) is 18.2 Å². The molecule has 0 N–H and O–H groups in total. The number of rotatable bonds is 0. The summed E-state index contributed by atoms with van der Waals surface area (Å²) in [6.45, 7) is 10.6. The first kappa shape index (κ1) is 12.2. The van der Waals surface area contributed by atoms with E-state index in [1.807, 2.05) is 13.8 Å². The number of hydroxylamine groups is 1. The highest BCUT2D eigenvalue weighted by Crippen LogP contribution is 2.37. The van der Waals surface area contributed by atoms with Gasteiger partial charge in [0.1, 0.15) is 0 Å². The van der Waals surface area contributed by atoms with Gasteiger partial charge in [0.25, 0.3) is 0 Å². The Morgan fingerprint density at radius 3 is 2.47 bits per heavy atom. The Morgan fingerprint density at radius 1 is 1.18 bits per heavy atom. The molecular weight excluding hydrogens is 210 g/mol. The Balaban J connectivity index is 2.66. The Kier molecular flexibility index (Phi) is 2.57. The summed E-state index contributed by atoms with van der Waals surface area (Å²) in [4.78, 5) is 0. The van der Waals surface area contributed by atoms with Crippen molar-refractivity contribution in [3.8, 4) is 0 Å². The number of benzene rings is 1. The van der Waals surface area contributed by atoms with E-state index in [0.29, 0.717) is 0 Å². The fourth-order valence-electron chi connectivity index (χ4n) is 2.92. The average molecular weight is 231 g/mol. The standard InChI is InChI=1S/C15H21NO/c1-11-6-7-12-9-16(17)15(4,5)10-14(2,3)13(12)8-11/h6-9H,10H2,1-5H3. The number of nitrogens with zero attached hydrogens (tertiary/aromatic N) is 1. The van der Waals surface area contributed by atoms with Gasteiger partial charge in [0.15, 0.2) is 11.8 Å². The Labute approximate surface area is 104 Å². The van der Waals surface area contributed by atoms with Crippen molar-refractivity contribution < 1.29 is 4.74 Å². The molecule has 0 amide bonds. The van der Waals surface area contributed by atoms with Crippen molar-refractivity contribution in [3.63, 3.8) is 0 Å². The summed E-state index contributed by atoms with van der Waals surface area (Å²) >= 11 is 0. The van der Waals surface area contributed by atoms with Gasteiger partial charge in [0.05, 0.1) is 0 Å². The molecule has 2 nitrogen and oxygen atoms in total. The van der Waals surface area contributed by atoms with Crippen LogP contribution in [0.5, 0.6) is 0 Å².